The minimum atomic E-state index is -0.548. The van der Waals surface area contributed by atoms with Crippen LogP contribution < -0.4 is 5.73 Å². The first kappa shape index (κ1) is 13.0. The van der Waals surface area contributed by atoms with E-state index in [1.165, 1.54) is 0 Å². The number of nitrogens with two attached hydrogens (primary N) is 1. The van der Waals surface area contributed by atoms with E-state index in [1.54, 1.807) is 31.6 Å². The first-order valence-corrected chi connectivity index (χ1v) is 5.85. The van der Waals surface area contributed by atoms with E-state index in [-0.39, 0.29) is 17.8 Å². The molecule has 0 amide bonds. The quantitative estimate of drug-likeness (QED) is 0.754. The van der Waals surface area contributed by atoms with Crippen LogP contribution in [0.15, 0.2) is 6.20 Å². The highest BCUT2D eigenvalue weighted by molar-refractivity contribution is 5.87. The molecule has 1 aliphatic rings. The Morgan fingerprint density at radius 3 is 2.83 bits per heavy atom. The highest BCUT2D eigenvalue weighted by atomic mass is 16.6. The Morgan fingerprint density at radius 2 is 2.28 bits per heavy atom. The van der Waals surface area contributed by atoms with Crippen LogP contribution in [0.1, 0.15) is 37.3 Å². The molecule has 1 aromatic heterocycles. The largest absolute Gasteiger partial charge is 0.455 e. The molecule has 1 fully saturated rings. The topological polar surface area (TPSA) is 92.3 Å². The van der Waals surface area contributed by atoms with Crippen molar-refractivity contribution in [3.63, 3.8) is 0 Å². The summed E-state index contributed by atoms with van der Waals surface area (Å²) in [5.74, 6) is -0.485. The van der Waals surface area contributed by atoms with Gasteiger partial charge in [-0.15, -0.1) is 5.10 Å². The highest BCUT2D eigenvalue weighted by Gasteiger charge is 2.29. The summed E-state index contributed by atoms with van der Waals surface area (Å²) >= 11 is 0. The van der Waals surface area contributed by atoms with Gasteiger partial charge in [0, 0.05) is 0 Å². The van der Waals surface area contributed by atoms with E-state index in [1.807, 2.05) is 0 Å². The van der Waals surface area contributed by atoms with Crippen LogP contribution >= 0.6 is 0 Å². The van der Waals surface area contributed by atoms with Gasteiger partial charge >= 0.3 is 5.97 Å². The summed E-state index contributed by atoms with van der Waals surface area (Å²) in [6.45, 7) is 6.38. The number of carbonyl (C=O) groups excluding carboxylic acids is 1. The van der Waals surface area contributed by atoms with Gasteiger partial charge in [0.25, 0.3) is 0 Å². The van der Waals surface area contributed by atoms with Crippen LogP contribution in [0.4, 0.5) is 0 Å². The fourth-order valence-corrected chi connectivity index (χ4v) is 1.69. The summed E-state index contributed by atoms with van der Waals surface area (Å²) in [6.07, 6.45) is 1.55. The van der Waals surface area contributed by atoms with E-state index in [4.69, 9.17) is 15.2 Å². The first-order valence-electron chi connectivity index (χ1n) is 5.85. The molecule has 0 aromatic carbocycles. The molecular formula is C11H18N4O3. The molecule has 2 atom stereocenters. The van der Waals surface area contributed by atoms with Crippen molar-refractivity contribution in [1.29, 1.82) is 0 Å². The maximum Gasteiger partial charge on any atom is 0.361 e. The van der Waals surface area contributed by atoms with Gasteiger partial charge in [0.1, 0.15) is 5.60 Å². The van der Waals surface area contributed by atoms with Crippen molar-refractivity contribution in [2.75, 3.05) is 13.2 Å². The molecule has 7 heteroatoms. The third-order valence-electron chi connectivity index (χ3n) is 2.55. The molecule has 2 rings (SSSR count). The molecule has 1 aliphatic heterocycles. The molecule has 0 bridgehead atoms. The van der Waals surface area contributed by atoms with E-state index < -0.39 is 11.6 Å². The van der Waals surface area contributed by atoms with E-state index >= 15 is 0 Å². The standard InChI is InChI=1S/C11H18N4O3/c1-11(2,3)18-10(16)8-4-15(14-13-8)9-6-17-5-7(9)12/h4,7,9H,5-6,12H2,1-3H3/t7-,9+/m0/s1. The Labute approximate surface area is 105 Å². The maximum atomic E-state index is 11.8. The predicted molar refractivity (Wildman–Crippen MR) is 63.0 cm³/mol. The van der Waals surface area contributed by atoms with Crippen LogP contribution in [-0.4, -0.2) is 45.8 Å². The molecule has 100 valence electrons. The van der Waals surface area contributed by atoms with Crippen molar-refractivity contribution in [3.05, 3.63) is 11.9 Å². The second-order valence-electron chi connectivity index (χ2n) is 5.35. The lowest BCUT2D eigenvalue weighted by Crippen LogP contribution is -2.31. The molecule has 0 spiro atoms. The number of hydrogen-bond acceptors (Lipinski definition) is 6. The van der Waals surface area contributed by atoms with Crippen LogP contribution in [-0.2, 0) is 9.47 Å². The third-order valence-corrected chi connectivity index (χ3v) is 2.55. The van der Waals surface area contributed by atoms with Crippen molar-refractivity contribution < 1.29 is 14.3 Å². The average Bonchev–Trinajstić information content (AvgIpc) is 2.82. The van der Waals surface area contributed by atoms with Crippen LogP contribution in [0.3, 0.4) is 0 Å². The summed E-state index contributed by atoms with van der Waals surface area (Å²) in [7, 11) is 0. The molecule has 1 aromatic rings. The molecule has 0 aliphatic carbocycles. The van der Waals surface area contributed by atoms with Crippen LogP contribution in [0, 0.1) is 0 Å². The summed E-state index contributed by atoms with van der Waals surface area (Å²) < 4.78 is 12.0. The Morgan fingerprint density at radius 1 is 1.56 bits per heavy atom. The number of esters is 1. The molecular weight excluding hydrogens is 236 g/mol. The lowest BCUT2D eigenvalue weighted by molar-refractivity contribution is 0.00626. The lowest BCUT2D eigenvalue weighted by Gasteiger charge is -2.18. The van der Waals surface area contributed by atoms with E-state index in [0.29, 0.717) is 13.2 Å². The Hall–Kier alpha value is -1.47. The molecule has 0 unspecified atom stereocenters. The Kier molecular flexibility index (Phi) is 3.36. The van der Waals surface area contributed by atoms with Gasteiger partial charge in [0.15, 0.2) is 5.69 Å². The summed E-state index contributed by atoms with van der Waals surface area (Å²) in [4.78, 5) is 11.8. The van der Waals surface area contributed by atoms with Gasteiger partial charge in [-0.05, 0) is 20.8 Å². The third kappa shape index (κ3) is 2.85. The van der Waals surface area contributed by atoms with Gasteiger partial charge in [0.05, 0.1) is 31.5 Å². The van der Waals surface area contributed by atoms with Gasteiger partial charge in [-0.3, -0.25) is 0 Å². The molecule has 18 heavy (non-hydrogen) atoms. The van der Waals surface area contributed by atoms with Gasteiger partial charge < -0.3 is 15.2 Å². The molecule has 2 heterocycles. The second kappa shape index (κ2) is 4.66. The molecule has 0 saturated carbocycles. The monoisotopic (exact) mass is 254 g/mol. The number of aromatic nitrogens is 3. The van der Waals surface area contributed by atoms with Crippen molar-refractivity contribution in [2.45, 2.75) is 38.5 Å². The lowest BCUT2D eigenvalue weighted by atomic mass is 10.2. The van der Waals surface area contributed by atoms with Gasteiger partial charge in [-0.2, -0.15) is 0 Å². The Bertz CT molecular complexity index is 438. The minimum Gasteiger partial charge on any atom is -0.455 e. The van der Waals surface area contributed by atoms with Crippen LogP contribution in [0.25, 0.3) is 0 Å². The second-order valence-corrected chi connectivity index (χ2v) is 5.35. The molecule has 2 N–H and O–H groups in total. The smallest absolute Gasteiger partial charge is 0.361 e. The Balaban J connectivity index is 2.08. The number of ether oxygens (including phenoxy) is 2. The summed E-state index contributed by atoms with van der Waals surface area (Å²) in [5.41, 5.74) is 5.50. The number of hydrogen-bond donors (Lipinski definition) is 1. The summed E-state index contributed by atoms with van der Waals surface area (Å²) in [5, 5.41) is 7.71. The van der Waals surface area contributed by atoms with Crippen molar-refractivity contribution in [1.82, 2.24) is 15.0 Å². The van der Waals surface area contributed by atoms with Crippen LogP contribution in [0.2, 0.25) is 0 Å². The number of nitrogens with zero attached hydrogens (tertiary/aromatic N) is 3. The van der Waals surface area contributed by atoms with E-state index in [2.05, 4.69) is 10.3 Å². The average molecular weight is 254 g/mol. The molecule has 1 saturated heterocycles. The van der Waals surface area contributed by atoms with Gasteiger partial charge in [-0.1, -0.05) is 5.21 Å². The first-order chi connectivity index (χ1) is 8.37. The van der Waals surface area contributed by atoms with Gasteiger partial charge in [0.2, 0.25) is 0 Å². The summed E-state index contributed by atoms with van der Waals surface area (Å²) in [6, 6.07) is -0.202. The highest BCUT2D eigenvalue weighted by Crippen LogP contribution is 2.17. The number of rotatable bonds is 2. The zero-order chi connectivity index (χ0) is 13.3. The predicted octanol–water partition coefficient (Wildman–Crippen LogP) is 0.132. The van der Waals surface area contributed by atoms with Gasteiger partial charge in [-0.25, -0.2) is 9.48 Å². The minimum absolute atomic E-state index is 0.0753. The van der Waals surface area contributed by atoms with Crippen molar-refractivity contribution in [3.8, 4) is 0 Å². The SMILES string of the molecule is CC(C)(C)OC(=O)c1cn([C@@H]2COC[C@@H]2N)nn1. The fourth-order valence-electron chi connectivity index (χ4n) is 1.69. The fraction of sp³-hybridized carbons (Fsp3) is 0.727. The van der Waals surface area contributed by atoms with E-state index in [0.717, 1.165) is 0 Å². The zero-order valence-electron chi connectivity index (χ0n) is 10.8. The van der Waals surface area contributed by atoms with E-state index in [9.17, 15) is 4.79 Å². The van der Waals surface area contributed by atoms with Crippen molar-refractivity contribution >= 4 is 5.97 Å². The molecule has 7 nitrogen and oxygen atoms in total. The number of carbonyl (C=O) groups is 1. The normalized spacial score (nSPS) is 24.2. The van der Waals surface area contributed by atoms with Crippen LogP contribution in [0.5, 0.6) is 0 Å². The molecule has 0 radical (unpaired) electrons. The zero-order valence-corrected chi connectivity index (χ0v) is 10.8. The maximum absolute atomic E-state index is 11.8. The van der Waals surface area contributed by atoms with Crippen molar-refractivity contribution in [2.24, 2.45) is 5.73 Å².